The van der Waals surface area contributed by atoms with Gasteiger partial charge in [0.1, 0.15) is 11.3 Å². The summed E-state index contributed by atoms with van der Waals surface area (Å²) in [4.78, 5) is 4.44. The smallest absolute Gasteiger partial charge is 0.220 e. The SMILES string of the molecule is CCS(=O)(=O)c1ccc2oc(/C=C/c3ccc(Br)cc3F)nc2c1. The van der Waals surface area contributed by atoms with Gasteiger partial charge in [-0.15, -0.1) is 0 Å². The predicted molar refractivity (Wildman–Crippen MR) is 94.8 cm³/mol. The maximum atomic E-state index is 13.8. The van der Waals surface area contributed by atoms with Gasteiger partial charge in [-0.3, -0.25) is 0 Å². The van der Waals surface area contributed by atoms with E-state index in [0.717, 1.165) is 0 Å². The van der Waals surface area contributed by atoms with Crippen LogP contribution in [0, 0.1) is 5.82 Å². The standard InChI is InChI=1S/C17H13BrFNO3S/c1-2-24(21,22)13-6-7-16-15(10-13)20-17(23-16)8-4-11-3-5-12(18)9-14(11)19/h3-10H,2H2,1H3/b8-4+. The molecule has 0 bridgehead atoms. The molecule has 0 aliphatic carbocycles. The second kappa shape index (κ2) is 6.49. The van der Waals surface area contributed by atoms with E-state index in [9.17, 15) is 12.8 Å². The van der Waals surface area contributed by atoms with Gasteiger partial charge in [-0.2, -0.15) is 0 Å². The monoisotopic (exact) mass is 409 g/mol. The maximum absolute atomic E-state index is 13.8. The molecule has 3 aromatic rings. The molecule has 1 aromatic heterocycles. The molecule has 2 aromatic carbocycles. The Morgan fingerprint density at radius 2 is 2.00 bits per heavy atom. The maximum Gasteiger partial charge on any atom is 0.220 e. The Labute approximate surface area is 147 Å². The van der Waals surface area contributed by atoms with E-state index in [1.54, 1.807) is 37.3 Å². The summed E-state index contributed by atoms with van der Waals surface area (Å²) in [6.45, 7) is 1.59. The molecule has 0 amide bonds. The number of nitrogens with zero attached hydrogens (tertiary/aromatic N) is 1. The number of hydrogen-bond donors (Lipinski definition) is 0. The molecule has 0 aliphatic heterocycles. The van der Waals surface area contributed by atoms with Crippen LogP contribution >= 0.6 is 15.9 Å². The van der Waals surface area contributed by atoms with E-state index in [0.29, 0.717) is 21.1 Å². The van der Waals surface area contributed by atoms with Gasteiger partial charge in [-0.25, -0.2) is 17.8 Å². The Morgan fingerprint density at radius 3 is 2.71 bits per heavy atom. The zero-order valence-corrected chi connectivity index (χ0v) is 15.1. The Balaban J connectivity index is 1.95. The van der Waals surface area contributed by atoms with Crippen molar-refractivity contribution in [2.45, 2.75) is 11.8 Å². The van der Waals surface area contributed by atoms with Gasteiger partial charge in [0.25, 0.3) is 0 Å². The fourth-order valence-electron chi connectivity index (χ4n) is 2.15. The molecule has 0 N–H and O–H groups in total. The van der Waals surface area contributed by atoms with Crippen molar-refractivity contribution in [2.24, 2.45) is 0 Å². The normalized spacial score (nSPS) is 12.3. The van der Waals surface area contributed by atoms with Gasteiger partial charge in [-0.1, -0.05) is 28.9 Å². The van der Waals surface area contributed by atoms with Gasteiger partial charge < -0.3 is 4.42 Å². The highest BCUT2D eigenvalue weighted by molar-refractivity contribution is 9.10. The largest absolute Gasteiger partial charge is 0.437 e. The van der Waals surface area contributed by atoms with Crippen molar-refractivity contribution >= 4 is 49.0 Å². The van der Waals surface area contributed by atoms with E-state index >= 15 is 0 Å². The van der Waals surface area contributed by atoms with Gasteiger partial charge in [0, 0.05) is 16.1 Å². The lowest BCUT2D eigenvalue weighted by Gasteiger charge is -1.99. The molecule has 124 valence electrons. The number of hydrogen-bond acceptors (Lipinski definition) is 4. The number of fused-ring (bicyclic) bond motifs is 1. The zero-order chi connectivity index (χ0) is 17.3. The minimum Gasteiger partial charge on any atom is -0.437 e. The quantitative estimate of drug-likeness (QED) is 0.626. The molecule has 0 aliphatic rings. The lowest BCUT2D eigenvalue weighted by atomic mass is 10.2. The summed E-state index contributed by atoms with van der Waals surface area (Å²) in [5.41, 5.74) is 1.32. The number of rotatable bonds is 4. The molecule has 24 heavy (non-hydrogen) atoms. The van der Waals surface area contributed by atoms with Crippen molar-refractivity contribution in [1.29, 1.82) is 0 Å². The topological polar surface area (TPSA) is 60.2 Å². The second-order valence-corrected chi connectivity index (χ2v) is 8.28. The van der Waals surface area contributed by atoms with Crippen molar-refractivity contribution in [3.63, 3.8) is 0 Å². The molecule has 0 spiro atoms. The van der Waals surface area contributed by atoms with Crippen LogP contribution in [0.2, 0.25) is 0 Å². The number of sulfone groups is 1. The average molecular weight is 410 g/mol. The summed E-state index contributed by atoms with van der Waals surface area (Å²) >= 11 is 3.20. The first kappa shape index (κ1) is 16.9. The molecule has 0 saturated carbocycles. The molecular weight excluding hydrogens is 397 g/mol. The predicted octanol–water partition coefficient (Wildman–Crippen LogP) is 4.69. The van der Waals surface area contributed by atoms with Crippen LogP contribution in [0.15, 0.2) is 50.2 Å². The fraction of sp³-hybridized carbons (Fsp3) is 0.118. The minimum atomic E-state index is -3.30. The minimum absolute atomic E-state index is 0.0198. The molecule has 3 rings (SSSR count). The summed E-state index contributed by atoms with van der Waals surface area (Å²) in [7, 11) is -3.30. The first-order valence-corrected chi connectivity index (χ1v) is 9.60. The number of oxazole rings is 1. The highest BCUT2D eigenvalue weighted by atomic mass is 79.9. The second-order valence-electron chi connectivity index (χ2n) is 5.08. The zero-order valence-electron chi connectivity index (χ0n) is 12.7. The van der Waals surface area contributed by atoms with Crippen molar-refractivity contribution in [3.05, 3.63) is 58.1 Å². The third-order valence-electron chi connectivity index (χ3n) is 3.48. The average Bonchev–Trinajstić information content (AvgIpc) is 2.96. The lowest BCUT2D eigenvalue weighted by Crippen LogP contribution is -2.03. The van der Waals surface area contributed by atoms with Crippen LogP contribution in [0.3, 0.4) is 0 Å². The first-order chi connectivity index (χ1) is 11.4. The van der Waals surface area contributed by atoms with E-state index in [2.05, 4.69) is 20.9 Å². The highest BCUT2D eigenvalue weighted by Crippen LogP contribution is 2.22. The van der Waals surface area contributed by atoms with Gasteiger partial charge >= 0.3 is 0 Å². The molecule has 0 radical (unpaired) electrons. The summed E-state index contributed by atoms with van der Waals surface area (Å²) in [5.74, 6) is -0.0715. The summed E-state index contributed by atoms with van der Waals surface area (Å²) in [6, 6.07) is 9.28. The summed E-state index contributed by atoms with van der Waals surface area (Å²) < 4.78 is 43.8. The van der Waals surface area contributed by atoms with Crippen molar-refractivity contribution in [1.82, 2.24) is 4.98 Å². The highest BCUT2D eigenvalue weighted by Gasteiger charge is 2.14. The van der Waals surface area contributed by atoms with E-state index < -0.39 is 9.84 Å². The van der Waals surface area contributed by atoms with Gasteiger partial charge in [0.2, 0.25) is 5.89 Å². The van der Waals surface area contributed by atoms with Crippen LogP contribution in [0.4, 0.5) is 4.39 Å². The van der Waals surface area contributed by atoms with E-state index in [1.807, 2.05) is 0 Å². The van der Waals surface area contributed by atoms with Gasteiger partial charge in [0.15, 0.2) is 15.4 Å². The van der Waals surface area contributed by atoms with Crippen molar-refractivity contribution in [3.8, 4) is 0 Å². The molecule has 4 nitrogen and oxygen atoms in total. The number of benzene rings is 2. The van der Waals surface area contributed by atoms with Crippen molar-refractivity contribution < 1.29 is 17.2 Å². The van der Waals surface area contributed by atoms with Crippen LogP contribution in [-0.2, 0) is 9.84 Å². The Bertz CT molecular complexity index is 1040. The summed E-state index contributed by atoms with van der Waals surface area (Å²) in [6.07, 6.45) is 3.09. The van der Waals surface area contributed by atoms with Crippen LogP contribution in [0.5, 0.6) is 0 Å². The van der Waals surface area contributed by atoms with E-state index in [-0.39, 0.29) is 22.4 Å². The molecule has 0 unspecified atom stereocenters. The van der Waals surface area contributed by atoms with Crippen LogP contribution in [0.1, 0.15) is 18.4 Å². The number of aromatic nitrogens is 1. The molecular formula is C17H13BrFNO3S. The van der Waals surface area contributed by atoms with Gasteiger partial charge in [-0.05, 0) is 36.4 Å². The van der Waals surface area contributed by atoms with Crippen LogP contribution in [0.25, 0.3) is 23.3 Å². The third kappa shape index (κ3) is 3.42. The third-order valence-corrected chi connectivity index (χ3v) is 5.71. The molecule has 1 heterocycles. The van der Waals surface area contributed by atoms with Crippen LogP contribution in [-0.4, -0.2) is 19.2 Å². The molecule has 0 atom stereocenters. The summed E-state index contributed by atoms with van der Waals surface area (Å²) in [5, 5.41) is 0. The van der Waals surface area contributed by atoms with E-state index in [1.165, 1.54) is 18.2 Å². The van der Waals surface area contributed by atoms with Crippen molar-refractivity contribution in [2.75, 3.05) is 5.75 Å². The molecule has 0 saturated heterocycles. The molecule has 0 fully saturated rings. The first-order valence-electron chi connectivity index (χ1n) is 7.15. The van der Waals surface area contributed by atoms with E-state index in [4.69, 9.17) is 4.42 Å². The van der Waals surface area contributed by atoms with Crippen LogP contribution < -0.4 is 0 Å². The Kier molecular flexibility index (Phi) is 4.56. The number of halogens is 2. The van der Waals surface area contributed by atoms with Gasteiger partial charge in [0.05, 0.1) is 10.6 Å². The Hall–Kier alpha value is -1.99. The fourth-order valence-corrected chi connectivity index (χ4v) is 3.39. The molecule has 7 heteroatoms. The Morgan fingerprint density at radius 1 is 1.21 bits per heavy atom. The lowest BCUT2D eigenvalue weighted by molar-refractivity contribution is 0.589.